The number of sulfonamides is 1. The molecule has 0 radical (unpaired) electrons. The second-order valence-corrected chi connectivity index (χ2v) is 17.9. The average molecular weight is 745 g/mol. The minimum absolute atomic E-state index is 0.0388. The Hall–Kier alpha value is -4.26. The summed E-state index contributed by atoms with van der Waals surface area (Å²) >= 11 is 0. The number of rotatable bonds is 7. The van der Waals surface area contributed by atoms with Gasteiger partial charge in [0.25, 0.3) is 5.91 Å². The van der Waals surface area contributed by atoms with Gasteiger partial charge in [-0.1, -0.05) is 43.2 Å². The molecule has 8 rings (SSSR count). The molecule has 0 unspecified atom stereocenters. The Morgan fingerprint density at radius 2 is 1.79 bits per heavy atom. The first-order valence-electron chi connectivity index (χ1n) is 19.3. The van der Waals surface area contributed by atoms with Crippen molar-refractivity contribution in [1.29, 1.82) is 0 Å². The minimum atomic E-state index is -3.87. The number of allylic oxidation sites excluding steroid dienone is 1. The predicted octanol–water partition coefficient (Wildman–Crippen LogP) is 4.58. The number of ether oxygens (including phenoxy) is 2. The summed E-state index contributed by atoms with van der Waals surface area (Å²) in [6.07, 6.45) is 14.7. The van der Waals surface area contributed by atoms with E-state index in [1.165, 1.54) is 11.0 Å². The molecule has 1 aromatic carbocycles. The monoisotopic (exact) mass is 744 g/mol. The largest absolute Gasteiger partial charge is 0.472 e. The molecule has 4 aliphatic carbocycles. The van der Waals surface area contributed by atoms with Crippen molar-refractivity contribution in [3.8, 4) is 5.88 Å². The van der Waals surface area contributed by atoms with Gasteiger partial charge in [0.15, 0.2) is 0 Å². The Kier molecular flexibility index (Phi) is 9.57. The molecule has 4 bridgehead atoms. The van der Waals surface area contributed by atoms with E-state index in [0.29, 0.717) is 18.7 Å². The summed E-state index contributed by atoms with van der Waals surface area (Å²) in [5, 5.41) is 3.98. The number of esters is 1. The second-order valence-electron chi connectivity index (χ2n) is 16.0. The van der Waals surface area contributed by atoms with Crippen molar-refractivity contribution in [1.82, 2.24) is 19.9 Å². The minimum Gasteiger partial charge on any atom is -0.472 e. The van der Waals surface area contributed by atoms with Crippen LogP contribution in [0, 0.1) is 23.7 Å². The standard InChI is InChI=1S/C40H48N4O8S/c1-2-28-22-40(28,39(48)43-53(49,50)30-15-16-30)42-36(46)33-20-29-23-44(33)38(47)32(25-8-3-4-9-25)21-35(45)52-34-12-6-11-27(34)10-5-7-24-13-14-26-17-18-41-37(51-29)31(26)19-24/h2,5,7,13-14,17-19,25,27-30,32-34H,1,3-4,6,8-12,15-16,20-23H2,(H,42,46)(H,43,48)/b7-5+/t27-,28+,29-,32+,33+,34-,40-/m1/s1. The topological polar surface area (TPSA) is 161 Å². The van der Waals surface area contributed by atoms with Crippen LogP contribution in [0.2, 0.25) is 0 Å². The number of nitrogens with one attached hydrogen (secondary N) is 2. The van der Waals surface area contributed by atoms with Gasteiger partial charge in [-0.3, -0.25) is 23.9 Å². The van der Waals surface area contributed by atoms with E-state index in [9.17, 15) is 27.6 Å². The zero-order valence-corrected chi connectivity index (χ0v) is 30.7. The van der Waals surface area contributed by atoms with Gasteiger partial charge in [-0.2, -0.15) is 0 Å². The maximum absolute atomic E-state index is 14.8. The normalized spacial score (nSPS) is 32.6. The van der Waals surface area contributed by atoms with Crippen molar-refractivity contribution in [3.63, 3.8) is 0 Å². The van der Waals surface area contributed by atoms with Crippen LogP contribution in [0.5, 0.6) is 5.88 Å². The third-order valence-electron chi connectivity index (χ3n) is 12.4. The molecule has 282 valence electrons. The summed E-state index contributed by atoms with van der Waals surface area (Å²) in [5.74, 6) is -2.72. The van der Waals surface area contributed by atoms with Crippen LogP contribution in [0.4, 0.5) is 0 Å². The fourth-order valence-electron chi connectivity index (χ4n) is 9.14. The van der Waals surface area contributed by atoms with Gasteiger partial charge in [0.1, 0.15) is 23.8 Å². The summed E-state index contributed by atoms with van der Waals surface area (Å²) in [5.41, 5.74) is -0.537. The van der Waals surface area contributed by atoms with Gasteiger partial charge < -0.3 is 19.7 Å². The van der Waals surface area contributed by atoms with Crippen molar-refractivity contribution >= 4 is 50.6 Å². The van der Waals surface area contributed by atoms with Crippen LogP contribution in [0.15, 0.2) is 49.2 Å². The van der Waals surface area contributed by atoms with Gasteiger partial charge in [-0.05, 0) is 92.7 Å². The Morgan fingerprint density at radius 3 is 2.55 bits per heavy atom. The Labute approximate surface area is 310 Å². The number of fused-ring (bicyclic) bond motifs is 4. The molecule has 4 saturated carbocycles. The van der Waals surface area contributed by atoms with Crippen LogP contribution < -0.4 is 14.8 Å². The molecule has 2 aromatic rings. The zero-order chi connectivity index (χ0) is 36.9. The zero-order valence-electron chi connectivity index (χ0n) is 29.9. The average Bonchev–Trinajstić information content (AvgIpc) is 3.93. The first kappa shape index (κ1) is 35.8. The molecular weight excluding hydrogens is 697 g/mol. The molecule has 2 aliphatic heterocycles. The first-order chi connectivity index (χ1) is 25.5. The number of carbonyl (C=O) groups excluding carboxylic acids is 4. The fraction of sp³-hybridized carbons (Fsp3) is 0.575. The summed E-state index contributed by atoms with van der Waals surface area (Å²) < 4.78 is 40.3. The first-order valence-corrected chi connectivity index (χ1v) is 20.8. The van der Waals surface area contributed by atoms with Crippen molar-refractivity contribution in [3.05, 3.63) is 54.8 Å². The summed E-state index contributed by atoms with van der Waals surface area (Å²) in [6, 6.07) is 6.92. The Bertz CT molecular complexity index is 1960. The van der Waals surface area contributed by atoms with Gasteiger partial charge in [-0.25, -0.2) is 13.4 Å². The van der Waals surface area contributed by atoms with Gasteiger partial charge in [0.05, 0.1) is 24.1 Å². The third-order valence-corrected chi connectivity index (χ3v) is 14.2. The molecule has 1 aromatic heterocycles. The van der Waals surface area contributed by atoms with E-state index in [4.69, 9.17) is 9.47 Å². The van der Waals surface area contributed by atoms with Crippen LogP contribution in [-0.4, -0.2) is 77.6 Å². The lowest BCUT2D eigenvalue weighted by Crippen LogP contribution is -2.57. The highest BCUT2D eigenvalue weighted by atomic mass is 32.2. The third kappa shape index (κ3) is 7.20. The second kappa shape index (κ2) is 14.2. The number of hydrogen-bond donors (Lipinski definition) is 2. The summed E-state index contributed by atoms with van der Waals surface area (Å²) in [6.45, 7) is 3.88. The SMILES string of the molecule is C=C[C@H]1C[C@]1(NC(=O)[C@@H]1C[C@@H]2CN1C(=O)[C@H](C1CCCC1)CC(=O)O[C@@H]1CCC[C@H]1C/C=C/c1ccc3ccnc(c3c1)O2)C(=O)NS(=O)(=O)C1CC1. The number of amides is 3. The molecule has 12 nitrogen and oxygen atoms in total. The smallest absolute Gasteiger partial charge is 0.306 e. The molecule has 13 heteroatoms. The molecule has 0 spiro atoms. The lowest BCUT2D eigenvalue weighted by molar-refractivity contribution is -0.156. The van der Waals surface area contributed by atoms with Crippen LogP contribution in [0.3, 0.4) is 0 Å². The van der Waals surface area contributed by atoms with Crippen LogP contribution >= 0.6 is 0 Å². The van der Waals surface area contributed by atoms with Crippen LogP contribution in [-0.2, 0) is 33.9 Å². The number of hydrogen-bond acceptors (Lipinski definition) is 9. The van der Waals surface area contributed by atoms with Gasteiger partial charge in [0, 0.05) is 23.9 Å². The molecule has 7 atom stereocenters. The number of aromatic nitrogens is 1. The van der Waals surface area contributed by atoms with Crippen LogP contribution in [0.25, 0.3) is 16.8 Å². The highest BCUT2D eigenvalue weighted by Crippen LogP contribution is 2.46. The number of pyridine rings is 1. The predicted molar refractivity (Wildman–Crippen MR) is 196 cm³/mol. The molecule has 5 fully saturated rings. The van der Waals surface area contributed by atoms with E-state index < -0.39 is 62.6 Å². The number of nitrogens with zero attached hydrogens (tertiary/aromatic N) is 2. The van der Waals surface area contributed by atoms with Gasteiger partial charge in [0.2, 0.25) is 27.7 Å². The van der Waals surface area contributed by atoms with Gasteiger partial charge >= 0.3 is 5.97 Å². The van der Waals surface area contributed by atoms with Gasteiger partial charge in [-0.15, -0.1) is 6.58 Å². The summed E-state index contributed by atoms with van der Waals surface area (Å²) in [4.78, 5) is 62.5. The number of carbonyl (C=O) groups is 4. The van der Waals surface area contributed by atoms with Crippen molar-refractivity contribution in [2.75, 3.05) is 6.54 Å². The van der Waals surface area contributed by atoms with Crippen molar-refractivity contribution in [2.24, 2.45) is 23.7 Å². The summed E-state index contributed by atoms with van der Waals surface area (Å²) in [7, 11) is -3.87. The lowest BCUT2D eigenvalue weighted by Gasteiger charge is -2.31. The molecule has 6 aliphatic rings. The molecular formula is C40H48N4O8S. The van der Waals surface area contributed by atoms with Crippen molar-refractivity contribution in [2.45, 2.75) is 113 Å². The molecule has 53 heavy (non-hydrogen) atoms. The number of benzene rings is 1. The maximum atomic E-state index is 14.8. The van der Waals surface area contributed by atoms with E-state index in [1.54, 1.807) is 6.20 Å². The molecule has 2 N–H and O–H groups in total. The fourth-order valence-corrected chi connectivity index (χ4v) is 10.5. The van der Waals surface area contributed by atoms with Crippen LogP contribution in [0.1, 0.15) is 89.0 Å². The Balaban J connectivity index is 1.13. The quantitative estimate of drug-likeness (QED) is 0.306. The lowest BCUT2D eigenvalue weighted by atomic mass is 9.86. The van der Waals surface area contributed by atoms with E-state index in [1.807, 2.05) is 24.3 Å². The highest BCUT2D eigenvalue weighted by molar-refractivity contribution is 7.91. The van der Waals surface area contributed by atoms with E-state index in [0.717, 1.165) is 67.7 Å². The molecule has 3 heterocycles. The van der Waals surface area contributed by atoms with E-state index in [2.05, 4.69) is 33.8 Å². The molecule has 3 amide bonds. The van der Waals surface area contributed by atoms with Crippen molar-refractivity contribution < 1.29 is 37.1 Å². The maximum Gasteiger partial charge on any atom is 0.306 e. The van der Waals surface area contributed by atoms with E-state index >= 15 is 0 Å². The molecule has 1 saturated heterocycles. The Morgan fingerprint density at radius 1 is 1.00 bits per heavy atom. The highest BCUT2D eigenvalue weighted by Gasteiger charge is 2.62. The van der Waals surface area contributed by atoms with E-state index in [-0.39, 0.29) is 49.7 Å².